The Balaban J connectivity index is 1.64. The second kappa shape index (κ2) is 5.58. The summed E-state index contributed by atoms with van der Waals surface area (Å²) >= 11 is 6.33. The molecule has 4 rings (SSSR count). The van der Waals surface area contributed by atoms with Crippen molar-refractivity contribution in [3.63, 3.8) is 0 Å². The normalized spacial score (nSPS) is 17.2. The van der Waals surface area contributed by atoms with Crippen LogP contribution in [0.2, 0.25) is 5.02 Å². The summed E-state index contributed by atoms with van der Waals surface area (Å²) in [5.74, 6) is 2.01. The Hall–Kier alpha value is -2.13. The molecule has 0 saturated carbocycles. The first-order valence-corrected chi connectivity index (χ1v) is 7.83. The maximum Gasteiger partial charge on any atom is 0.245 e. The summed E-state index contributed by atoms with van der Waals surface area (Å²) in [6.07, 6.45) is 4.55. The molecule has 2 heterocycles. The van der Waals surface area contributed by atoms with E-state index in [4.69, 9.17) is 16.0 Å². The molecule has 0 radical (unpaired) electrons. The molecule has 1 aliphatic carbocycles. The zero-order chi connectivity index (χ0) is 14.9. The summed E-state index contributed by atoms with van der Waals surface area (Å²) in [6.45, 7) is 0. The van der Waals surface area contributed by atoms with Crippen LogP contribution in [0.4, 0.5) is 0 Å². The van der Waals surface area contributed by atoms with Crippen molar-refractivity contribution in [2.24, 2.45) is 0 Å². The number of rotatable bonds is 2. The molecule has 3 nitrogen and oxygen atoms in total. The number of benzene rings is 1. The van der Waals surface area contributed by atoms with E-state index in [1.807, 2.05) is 36.4 Å². The van der Waals surface area contributed by atoms with Gasteiger partial charge in [-0.25, -0.2) is 4.98 Å². The predicted octanol–water partition coefficient (Wildman–Crippen LogP) is 4.66. The monoisotopic (exact) mass is 310 g/mol. The molecule has 3 aromatic rings. The molecule has 1 aromatic carbocycles. The highest BCUT2D eigenvalue weighted by Gasteiger charge is 2.26. The van der Waals surface area contributed by atoms with E-state index in [0.29, 0.717) is 11.8 Å². The summed E-state index contributed by atoms with van der Waals surface area (Å²) in [5.41, 5.74) is 3.03. The van der Waals surface area contributed by atoms with Crippen LogP contribution in [0.15, 0.2) is 53.1 Å². The van der Waals surface area contributed by atoms with Crippen LogP contribution in [0.25, 0.3) is 11.6 Å². The lowest BCUT2D eigenvalue weighted by molar-refractivity contribution is 0.464. The van der Waals surface area contributed by atoms with Crippen molar-refractivity contribution < 1.29 is 4.42 Å². The van der Waals surface area contributed by atoms with E-state index in [2.05, 4.69) is 16.0 Å². The molecule has 1 aliphatic rings. The Kier molecular flexibility index (Phi) is 3.43. The summed E-state index contributed by atoms with van der Waals surface area (Å²) < 4.78 is 5.90. The molecule has 0 spiro atoms. The van der Waals surface area contributed by atoms with Gasteiger partial charge >= 0.3 is 0 Å². The number of aromatic nitrogens is 2. The van der Waals surface area contributed by atoms with Gasteiger partial charge in [-0.15, -0.1) is 0 Å². The molecule has 0 amide bonds. The smallest absolute Gasteiger partial charge is 0.245 e. The number of oxazole rings is 1. The number of pyridine rings is 1. The molecule has 22 heavy (non-hydrogen) atoms. The molecule has 1 atom stereocenters. The van der Waals surface area contributed by atoms with Gasteiger partial charge in [0.15, 0.2) is 0 Å². The summed E-state index contributed by atoms with van der Waals surface area (Å²) in [4.78, 5) is 8.96. The minimum absolute atomic E-state index is 0.405. The minimum atomic E-state index is 0.405. The Morgan fingerprint density at radius 1 is 1.09 bits per heavy atom. The second-order valence-electron chi connectivity index (χ2n) is 5.57. The van der Waals surface area contributed by atoms with Gasteiger partial charge in [-0.2, -0.15) is 0 Å². The Morgan fingerprint density at radius 3 is 2.77 bits per heavy atom. The lowest BCUT2D eigenvalue weighted by atomic mass is 9.85. The number of hydrogen-bond donors (Lipinski definition) is 0. The van der Waals surface area contributed by atoms with Gasteiger partial charge in [0.1, 0.15) is 11.5 Å². The average Bonchev–Trinajstić information content (AvgIpc) is 2.99. The minimum Gasteiger partial charge on any atom is -0.440 e. The predicted molar refractivity (Wildman–Crippen MR) is 86.0 cm³/mol. The fourth-order valence-electron chi connectivity index (χ4n) is 3.05. The molecule has 110 valence electrons. The van der Waals surface area contributed by atoms with E-state index in [1.165, 1.54) is 5.56 Å². The Bertz CT molecular complexity index is 798. The van der Waals surface area contributed by atoms with Crippen molar-refractivity contribution in [1.29, 1.82) is 0 Å². The first-order chi connectivity index (χ1) is 10.8. The topological polar surface area (TPSA) is 38.9 Å². The zero-order valence-electron chi connectivity index (χ0n) is 12.0. The molecule has 0 N–H and O–H groups in total. The quantitative estimate of drug-likeness (QED) is 0.691. The number of fused-ring (bicyclic) bond motifs is 1. The van der Waals surface area contributed by atoms with Crippen molar-refractivity contribution in [3.8, 4) is 11.6 Å². The highest BCUT2D eigenvalue weighted by atomic mass is 35.5. The van der Waals surface area contributed by atoms with Crippen LogP contribution in [0.3, 0.4) is 0 Å². The third kappa shape index (κ3) is 2.42. The molecule has 2 aromatic heterocycles. The molecule has 4 heteroatoms. The van der Waals surface area contributed by atoms with Crippen LogP contribution in [-0.2, 0) is 12.8 Å². The van der Waals surface area contributed by atoms with Crippen LogP contribution in [0, 0.1) is 0 Å². The lowest BCUT2D eigenvalue weighted by Crippen LogP contribution is -2.12. The third-order valence-corrected chi connectivity index (χ3v) is 4.51. The summed E-state index contributed by atoms with van der Waals surface area (Å²) in [6, 6.07) is 13.8. The highest BCUT2D eigenvalue weighted by molar-refractivity contribution is 6.31. The summed E-state index contributed by atoms with van der Waals surface area (Å²) in [7, 11) is 0. The number of aryl methyl sites for hydroxylation is 1. The van der Waals surface area contributed by atoms with Crippen LogP contribution in [-0.4, -0.2) is 9.97 Å². The van der Waals surface area contributed by atoms with Gasteiger partial charge in [-0.1, -0.05) is 35.9 Å². The molecule has 0 saturated heterocycles. The van der Waals surface area contributed by atoms with E-state index in [0.717, 1.165) is 41.4 Å². The van der Waals surface area contributed by atoms with E-state index >= 15 is 0 Å². The zero-order valence-corrected chi connectivity index (χ0v) is 12.8. The summed E-state index contributed by atoms with van der Waals surface area (Å²) in [5, 5.41) is 0.837. The van der Waals surface area contributed by atoms with Gasteiger partial charge in [0.05, 0.1) is 5.69 Å². The van der Waals surface area contributed by atoms with Crippen molar-refractivity contribution in [2.75, 3.05) is 0 Å². The van der Waals surface area contributed by atoms with Crippen molar-refractivity contribution in [3.05, 3.63) is 70.7 Å². The van der Waals surface area contributed by atoms with Crippen molar-refractivity contribution in [1.82, 2.24) is 9.97 Å². The maximum atomic E-state index is 6.33. The Labute approximate surface area is 134 Å². The van der Waals surface area contributed by atoms with Gasteiger partial charge < -0.3 is 4.42 Å². The van der Waals surface area contributed by atoms with Gasteiger partial charge in [0, 0.05) is 24.1 Å². The van der Waals surface area contributed by atoms with Crippen LogP contribution in [0.5, 0.6) is 0 Å². The van der Waals surface area contributed by atoms with Gasteiger partial charge in [-0.05, 0) is 36.1 Å². The van der Waals surface area contributed by atoms with Gasteiger partial charge in [-0.3, -0.25) is 4.98 Å². The first kappa shape index (κ1) is 13.5. The molecule has 0 aliphatic heterocycles. The first-order valence-electron chi connectivity index (χ1n) is 7.45. The van der Waals surface area contributed by atoms with E-state index in [9.17, 15) is 0 Å². The fraction of sp³-hybridized carbons (Fsp3) is 0.222. The number of hydrogen-bond acceptors (Lipinski definition) is 3. The molecule has 0 fully saturated rings. The Morgan fingerprint density at radius 2 is 1.95 bits per heavy atom. The van der Waals surface area contributed by atoms with Crippen LogP contribution in [0.1, 0.15) is 29.4 Å². The highest BCUT2D eigenvalue weighted by Crippen LogP contribution is 2.36. The van der Waals surface area contributed by atoms with Crippen LogP contribution >= 0.6 is 11.6 Å². The molecular formula is C18H15ClN2O. The number of nitrogens with zero attached hydrogens (tertiary/aromatic N) is 2. The maximum absolute atomic E-state index is 6.33. The van der Waals surface area contributed by atoms with Gasteiger partial charge in [0.2, 0.25) is 5.89 Å². The second-order valence-corrected chi connectivity index (χ2v) is 5.97. The van der Waals surface area contributed by atoms with E-state index in [-0.39, 0.29) is 0 Å². The third-order valence-electron chi connectivity index (χ3n) is 4.17. The van der Waals surface area contributed by atoms with Crippen molar-refractivity contribution in [2.45, 2.75) is 25.2 Å². The average molecular weight is 311 g/mol. The van der Waals surface area contributed by atoms with Crippen LogP contribution < -0.4 is 0 Å². The van der Waals surface area contributed by atoms with E-state index < -0.39 is 0 Å². The fourth-order valence-corrected chi connectivity index (χ4v) is 3.34. The van der Waals surface area contributed by atoms with Gasteiger partial charge in [0.25, 0.3) is 0 Å². The largest absolute Gasteiger partial charge is 0.440 e. The number of halogens is 1. The molecule has 0 bridgehead atoms. The molecular weight excluding hydrogens is 296 g/mol. The standard InChI is InChI=1S/C18H15ClN2O/c19-14-6-2-1-5-13(14)12-8-9-17-16(11-12)21-18(22-17)15-7-3-4-10-20-15/h1-7,10,12H,8-9,11H2/t12-/m0/s1. The SMILES string of the molecule is Clc1ccccc1[C@H]1CCc2oc(-c3ccccn3)nc2C1. The lowest BCUT2D eigenvalue weighted by Gasteiger charge is -2.21. The molecule has 0 unspecified atom stereocenters. The van der Waals surface area contributed by atoms with Crippen molar-refractivity contribution >= 4 is 11.6 Å². The van der Waals surface area contributed by atoms with E-state index in [1.54, 1.807) is 6.20 Å².